The Balaban J connectivity index is 1.73. The molecule has 0 saturated carbocycles. The van der Waals surface area contributed by atoms with Crippen LogP contribution in [0.15, 0.2) is 95.4 Å². The fourth-order valence-electron chi connectivity index (χ4n) is 2.68. The lowest BCUT2D eigenvalue weighted by Crippen LogP contribution is -2.55. The molecule has 0 amide bonds. The molecule has 3 rings (SSSR count). The van der Waals surface area contributed by atoms with E-state index in [2.05, 4.69) is 4.72 Å². The molecule has 2 atom stereocenters. The van der Waals surface area contributed by atoms with Crippen LogP contribution in [0.4, 0.5) is 5.69 Å². The van der Waals surface area contributed by atoms with Crippen molar-refractivity contribution in [3.8, 4) is 0 Å². The van der Waals surface area contributed by atoms with Crippen molar-refractivity contribution in [2.45, 2.75) is 16.7 Å². The van der Waals surface area contributed by atoms with Crippen molar-refractivity contribution < 1.29 is 23.4 Å². The molecule has 0 radical (unpaired) electrons. The van der Waals surface area contributed by atoms with Gasteiger partial charge in [0.2, 0.25) is 10.0 Å². The van der Waals surface area contributed by atoms with Gasteiger partial charge in [-0.15, -0.1) is 0 Å². The fourth-order valence-corrected chi connectivity index (χ4v) is 3.92. The maximum absolute atomic E-state index is 12.5. The Morgan fingerprint density at radius 2 is 1.76 bits per heavy atom. The van der Waals surface area contributed by atoms with Crippen molar-refractivity contribution in [1.82, 2.24) is 4.72 Å². The normalized spacial score (nSPS) is 21.9. The summed E-state index contributed by atoms with van der Waals surface area (Å²) >= 11 is 0. The highest BCUT2D eigenvalue weighted by Crippen LogP contribution is 2.23. The number of hydrogen-bond acceptors (Lipinski definition) is 6. The lowest BCUT2D eigenvalue weighted by atomic mass is 9.97. The maximum atomic E-state index is 12.5. The van der Waals surface area contributed by atoms with E-state index in [0.29, 0.717) is 16.8 Å². The van der Waals surface area contributed by atoms with E-state index >= 15 is 0 Å². The summed E-state index contributed by atoms with van der Waals surface area (Å²) in [6, 6.07) is 14.1. The van der Waals surface area contributed by atoms with Crippen LogP contribution < -0.4 is 10.5 Å². The van der Waals surface area contributed by atoms with Crippen LogP contribution in [-0.4, -0.2) is 36.2 Å². The number of carbonyl (C=O) groups excluding carboxylic acids is 1. The summed E-state index contributed by atoms with van der Waals surface area (Å²) in [5, 5.41) is 20.9. The second kappa shape index (κ2) is 8.14. The van der Waals surface area contributed by atoms with Gasteiger partial charge in [-0.25, -0.2) is 8.42 Å². The molecule has 7 nitrogen and oxygen atoms in total. The van der Waals surface area contributed by atoms with E-state index in [9.17, 15) is 23.4 Å². The third-order valence-corrected chi connectivity index (χ3v) is 5.79. The zero-order valence-electron chi connectivity index (χ0n) is 15.3. The van der Waals surface area contributed by atoms with Crippen LogP contribution in [0.2, 0.25) is 0 Å². The smallest absolute Gasteiger partial charge is 0.243 e. The van der Waals surface area contributed by atoms with E-state index in [1.807, 2.05) is 0 Å². The molecular weight excluding hydrogens is 392 g/mol. The second-order valence-corrected chi connectivity index (χ2v) is 8.19. The van der Waals surface area contributed by atoms with Crippen molar-refractivity contribution in [1.29, 1.82) is 0 Å². The number of nitrogens with two attached hydrogens (primary N) is 1. The summed E-state index contributed by atoms with van der Waals surface area (Å²) in [5.74, 6) is -0.223. The molecule has 150 valence electrons. The molecule has 2 unspecified atom stereocenters. The van der Waals surface area contributed by atoms with Crippen LogP contribution in [0.25, 0.3) is 0 Å². The highest BCUT2D eigenvalue weighted by atomic mass is 32.2. The average Bonchev–Trinajstić information content (AvgIpc) is 2.69. The summed E-state index contributed by atoms with van der Waals surface area (Å²) in [7, 11) is -4.12. The van der Waals surface area contributed by atoms with Gasteiger partial charge in [0.25, 0.3) is 0 Å². The monoisotopic (exact) mass is 412 g/mol. The highest BCUT2D eigenvalue weighted by Gasteiger charge is 2.38. The van der Waals surface area contributed by atoms with Crippen molar-refractivity contribution in [2.24, 2.45) is 0 Å². The molecule has 29 heavy (non-hydrogen) atoms. The molecule has 0 aliphatic heterocycles. The number of carbonyl (C=O) groups is 1. The number of sulfonamides is 1. The molecule has 5 N–H and O–H groups in total. The molecule has 0 heterocycles. The SMILES string of the molecule is Nc1ccc(S(=O)(=O)NC2(O)C=CC(C=CC(=O)c3ccccc3)=CC2O)cc1. The number of anilines is 1. The van der Waals surface area contributed by atoms with E-state index in [-0.39, 0.29) is 10.7 Å². The molecule has 8 heteroatoms. The molecule has 0 spiro atoms. The van der Waals surface area contributed by atoms with Gasteiger partial charge in [-0.05, 0) is 48.1 Å². The number of allylic oxidation sites excluding steroid dienone is 4. The van der Waals surface area contributed by atoms with Crippen molar-refractivity contribution in [2.75, 3.05) is 5.73 Å². The Kier molecular flexibility index (Phi) is 5.81. The van der Waals surface area contributed by atoms with Gasteiger partial charge in [0.1, 0.15) is 6.10 Å². The topological polar surface area (TPSA) is 130 Å². The molecular formula is C21H20N2O5S. The molecule has 0 saturated heterocycles. The molecule has 2 aromatic carbocycles. The summed E-state index contributed by atoms with van der Waals surface area (Å²) in [4.78, 5) is 12.0. The fraction of sp³-hybridized carbons (Fsp3) is 0.0952. The molecule has 1 aliphatic rings. The first-order valence-electron chi connectivity index (χ1n) is 8.68. The standard InChI is InChI=1S/C21H20N2O5S/c22-17-7-9-18(10-8-17)29(27,28)23-21(26)13-12-15(14-20(21)25)6-11-19(24)16-4-2-1-3-5-16/h1-14,20,23,25-26H,22H2. The zero-order valence-corrected chi connectivity index (χ0v) is 16.1. The van der Waals surface area contributed by atoms with Gasteiger partial charge >= 0.3 is 0 Å². The van der Waals surface area contributed by atoms with E-state index in [1.54, 1.807) is 30.3 Å². The van der Waals surface area contributed by atoms with Crippen LogP contribution in [-0.2, 0) is 10.0 Å². The minimum Gasteiger partial charge on any atom is -0.399 e. The maximum Gasteiger partial charge on any atom is 0.243 e. The first-order valence-corrected chi connectivity index (χ1v) is 10.2. The largest absolute Gasteiger partial charge is 0.399 e. The summed E-state index contributed by atoms with van der Waals surface area (Å²) in [6.45, 7) is 0. The minimum atomic E-state index is -4.12. The third-order valence-electron chi connectivity index (χ3n) is 4.30. The van der Waals surface area contributed by atoms with Crippen LogP contribution >= 0.6 is 0 Å². The highest BCUT2D eigenvalue weighted by molar-refractivity contribution is 7.89. The van der Waals surface area contributed by atoms with E-state index in [0.717, 1.165) is 6.08 Å². The lowest BCUT2D eigenvalue weighted by molar-refractivity contribution is -0.0240. The number of hydrogen-bond donors (Lipinski definition) is 4. The Hall–Kier alpha value is -3.04. The molecule has 0 fully saturated rings. The summed E-state index contributed by atoms with van der Waals surface area (Å²) in [5.41, 5.74) is 4.66. The Bertz CT molecular complexity index is 1090. The number of nitrogen functional groups attached to an aromatic ring is 1. The first kappa shape index (κ1) is 20.7. The van der Waals surface area contributed by atoms with Crippen LogP contribution in [0, 0.1) is 0 Å². The lowest BCUT2D eigenvalue weighted by Gasteiger charge is -2.31. The molecule has 1 aliphatic carbocycles. The average molecular weight is 412 g/mol. The predicted molar refractivity (Wildman–Crippen MR) is 109 cm³/mol. The second-order valence-electron chi connectivity index (χ2n) is 6.51. The molecule has 0 aromatic heterocycles. The van der Waals surface area contributed by atoms with Gasteiger partial charge in [0.15, 0.2) is 11.5 Å². The van der Waals surface area contributed by atoms with Gasteiger partial charge in [0, 0.05) is 11.3 Å². The van der Waals surface area contributed by atoms with Gasteiger partial charge in [-0.2, -0.15) is 4.72 Å². The van der Waals surface area contributed by atoms with Crippen molar-refractivity contribution in [3.63, 3.8) is 0 Å². The zero-order chi connectivity index (χ0) is 21.1. The van der Waals surface area contributed by atoms with Crippen molar-refractivity contribution >= 4 is 21.5 Å². The van der Waals surface area contributed by atoms with E-state index in [4.69, 9.17) is 5.73 Å². The summed E-state index contributed by atoms with van der Waals surface area (Å²) in [6.07, 6.45) is 5.03. The number of ketones is 1. The van der Waals surface area contributed by atoms with E-state index in [1.165, 1.54) is 48.6 Å². The van der Waals surface area contributed by atoms with Crippen LogP contribution in [0.5, 0.6) is 0 Å². The predicted octanol–water partition coefficient (Wildman–Crippen LogP) is 1.53. The van der Waals surface area contributed by atoms with E-state index < -0.39 is 21.9 Å². The van der Waals surface area contributed by atoms with Gasteiger partial charge in [-0.1, -0.05) is 42.5 Å². The molecule has 0 bridgehead atoms. The third kappa shape index (κ3) is 4.87. The Morgan fingerprint density at radius 3 is 2.38 bits per heavy atom. The Morgan fingerprint density at radius 1 is 1.10 bits per heavy atom. The number of nitrogens with one attached hydrogen (secondary N) is 1. The summed E-state index contributed by atoms with van der Waals surface area (Å²) < 4.78 is 27.0. The van der Waals surface area contributed by atoms with Crippen molar-refractivity contribution in [3.05, 3.63) is 96.1 Å². The number of rotatable bonds is 6. The molecule has 2 aromatic rings. The van der Waals surface area contributed by atoms with Gasteiger partial charge in [-0.3, -0.25) is 4.79 Å². The quantitative estimate of drug-likeness (QED) is 0.246. The van der Waals surface area contributed by atoms with Gasteiger partial charge < -0.3 is 15.9 Å². The number of aliphatic hydroxyl groups excluding tert-OH is 1. The minimum absolute atomic E-state index is 0.108. The van der Waals surface area contributed by atoms with Crippen LogP contribution in [0.3, 0.4) is 0 Å². The number of aliphatic hydroxyl groups is 2. The van der Waals surface area contributed by atoms with Crippen LogP contribution in [0.1, 0.15) is 10.4 Å². The Labute approximate surface area is 168 Å². The number of benzene rings is 2. The van der Waals surface area contributed by atoms with Gasteiger partial charge in [0.05, 0.1) is 4.90 Å². The first-order chi connectivity index (χ1) is 13.7.